The van der Waals surface area contributed by atoms with E-state index in [2.05, 4.69) is 0 Å². The first-order chi connectivity index (χ1) is 9.22. The number of ether oxygens (including phenoxy) is 2. The predicted molar refractivity (Wildman–Crippen MR) is 73.5 cm³/mol. The summed E-state index contributed by atoms with van der Waals surface area (Å²) in [6.45, 7) is 0.358. The Kier molecular flexibility index (Phi) is 4.27. The summed E-state index contributed by atoms with van der Waals surface area (Å²) in [5.41, 5.74) is 1.38. The number of nitriles is 1. The van der Waals surface area contributed by atoms with Crippen molar-refractivity contribution in [3.63, 3.8) is 0 Å². The van der Waals surface area contributed by atoms with Crippen LogP contribution in [0.3, 0.4) is 0 Å². The number of hydrogen-bond donors (Lipinski definition) is 0. The zero-order valence-electron chi connectivity index (χ0n) is 10.4. The van der Waals surface area contributed by atoms with Crippen LogP contribution in [-0.2, 0) is 6.61 Å². The summed E-state index contributed by atoms with van der Waals surface area (Å²) in [5.74, 6) is 1.52. The summed E-state index contributed by atoms with van der Waals surface area (Å²) in [7, 11) is 1.62. The lowest BCUT2D eigenvalue weighted by molar-refractivity contribution is 0.305. The zero-order valence-corrected chi connectivity index (χ0v) is 11.1. The fourth-order valence-corrected chi connectivity index (χ4v) is 1.80. The third-order valence-electron chi connectivity index (χ3n) is 2.64. The van der Waals surface area contributed by atoms with Crippen molar-refractivity contribution in [2.45, 2.75) is 6.61 Å². The molecule has 0 atom stereocenters. The van der Waals surface area contributed by atoms with Gasteiger partial charge >= 0.3 is 0 Å². The first-order valence-corrected chi connectivity index (χ1v) is 6.06. The second-order valence-corrected chi connectivity index (χ2v) is 4.29. The Hall–Kier alpha value is -2.18. The average molecular weight is 274 g/mol. The molecule has 0 N–H and O–H groups in total. The van der Waals surface area contributed by atoms with Crippen LogP contribution in [0.15, 0.2) is 42.5 Å². The maximum absolute atomic E-state index is 8.76. The zero-order chi connectivity index (χ0) is 13.7. The van der Waals surface area contributed by atoms with E-state index in [4.69, 9.17) is 26.3 Å². The second kappa shape index (κ2) is 6.12. The Morgan fingerprint density at radius 2 is 1.79 bits per heavy atom. The molecule has 0 bridgehead atoms. The van der Waals surface area contributed by atoms with Crippen LogP contribution in [-0.4, -0.2) is 7.11 Å². The predicted octanol–water partition coefficient (Wildman–Crippen LogP) is 3.80. The molecule has 0 saturated carbocycles. The second-order valence-electron chi connectivity index (χ2n) is 3.88. The molecule has 2 aromatic carbocycles. The number of benzene rings is 2. The van der Waals surface area contributed by atoms with Gasteiger partial charge in [-0.2, -0.15) is 5.26 Å². The summed E-state index contributed by atoms with van der Waals surface area (Å²) >= 11 is 6.07. The molecule has 0 saturated heterocycles. The minimum Gasteiger partial charge on any atom is -0.497 e. The van der Waals surface area contributed by atoms with Gasteiger partial charge in [-0.25, -0.2) is 0 Å². The van der Waals surface area contributed by atoms with E-state index < -0.39 is 0 Å². The van der Waals surface area contributed by atoms with E-state index in [-0.39, 0.29) is 0 Å². The van der Waals surface area contributed by atoms with Crippen molar-refractivity contribution in [2.75, 3.05) is 7.11 Å². The molecule has 0 aliphatic rings. The molecule has 0 aliphatic carbocycles. The standard InChI is InChI=1S/C15H12ClNO2/c1-18-13-4-6-14(7-5-13)19-10-12-3-2-11(9-17)8-15(12)16/h2-8H,10H2,1H3. The van der Waals surface area contributed by atoms with Gasteiger partial charge in [0, 0.05) is 10.6 Å². The first-order valence-electron chi connectivity index (χ1n) is 5.68. The van der Waals surface area contributed by atoms with Crippen molar-refractivity contribution in [2.24, 2.45) is 0 Å². The molecule has 19 heavy (non-hydrogen) atoms. The van der Waals surface area contributed by atoms with Gasteiger partial charge < -0.3 is 9.47 Å². The third-order valence-corrected chi connectivity index (χ3v) is 2.99. The highest BCUT2D eigenvalue weighted by Crippen LogP contribution is 2.21. The SMILES string of the molecule is COc1ccc(OCc2ccc(C#N)cc2Cl)cc1. The van der Waals surface area contributed by atoms with Gasteiger partial charge in [-0.05, 0) is 36.4 Å². The Bertz CT molecular complexity index is 603. The molecular formula is C15H12ClNO2. The first kappa shape index (κ1) is 13.3. The van der Waals surface area contributed by atoms with Crippen molar-refractivity contribution in [1.82, 2.24) is 0 Å². The van der Waals surface area contributed by atoms with Gasteiger partial charge in [0.05, 0.1) is 18.7 Å². The lowest BCUT2D eigenvalue weighted by Gasteiger charge is -2.08. The normalized spacial score (nSPS) is 9.74. The number of hydrogen-bond acceptors (Lipinski definition) is 3. The van der Waals surface area contributed by atoms with Crippen molar-refractivity contribution in [3.05, 3.63) is 58.6 Å². The van der Waals surface area contributed by atoms with Crippen LogP contribution in [0.25, 0.3) is 0 Å². The van der Waals surface area contributed by atoms with Gasteiger partial charge in [0.25, 0.3) is 0 Å². The van der Waals surface area contributed by atoms with Crippen molar-refractivity contribution >= 4 is 11.6 Å². The van der Waals surface area contributed by atoms with Gasteiger partial charge in [0.15, 0.2) is 0 Å². The van der Waals surface area contributed by atoms with Gasteiger partial charge in [0.2, 0.25) is 0 Å². The molecule has 0 unspecified atom stereocenters. The van der Waals surface area contributed by atoms with Crippen LogP contribution in [0.5, 0.6) is 11.5 Å². The molecule has 0 aromatic heterocycles. The topological polar surface area (TPSA) is 42.2 Å². The van der Waals surface area contributed by atoms with E-state index in [0.717, 1.165) is 17.1 Å². The highest BCUT2D eigenvalue weighted by Gasteiger charge is 2.03. The van der Waals surface area contributed by atoms with E-state index in [9.17, 15) is 0 Å². The quantitative estimate of drug-likeness (QED) is 0.851. The molecule has 4 heteroatoms. The van der Waals surface area contributed by atoms with Gasteiger partial charge in [-0.15, -0.1) is 0 Å². The summed E-state index contributed by atoms with van der Waals surface area (Å²) in [6.07, 6.45) is 0. The van der Waals surface area contributed by atoms with Crippen LogP contribution < -0.4 is 9.47 Å². The molecule has 0 amide bonds. The summed E-state index contributed by atoms with van der Waals surface area (Å²) in [5, 5.41) is 9.29. The van der Waals surface area contributed by atoms with Crippen molar-refractivity contribution in [3.8, 4) is 17.6 Å². The minimum absolute atomic E-state index is 0.358. The Morgan fingerprint density at radius 3 is 2.37 bits per heavy atom. The molecule has 2 rings (SSSR count). The molecule has 3 nitrogen and oxygen atoms in total. The third kappa shape index (κ3) is 3.40. The lowest BCUT2D eigenvalue weighted by atomic mass is 10.1. The van der Waals surface area contributed by atoms with E-state index >= 15 is 0 Å². The van der Waals surface area contributed by atoms with E-state index in [1.54, 1.807) is 25.3 Å². The van der Waals surface area contributed by atoms with Crippen LogP contribution in [0.1, 0.15) is 11.1 Å². The van der Waals surface area contributed by atoms with Crippen LogP contribution in [0.2, 0.25) is 5.02 Å². The van der Waals surface area contributed by atoms with Crippen LogP contribution >= 0.6 is 11.6 Å². The smallest absolute Gasteiger partial charge is 0.120 e. The summed E-state index contributed by atoms with van der Waals surface area (Å²) in [4.78, 5) is 0. The van der Waals surface area contributed by atoms with E-state index in [0.29, 0.717) is 17.2 Å². The summed E-state index contributed by atoms with van der Waals surface area (Å²) in [6, 6.07) is 14.5. The highest BCUT2D eigenvalue weighted by molar-refractivity contribution is 6.31. The largest absolute Gasteiger partial charge is 0.497 e. The minimum atomic E-state index is 0.358. The monoisotopic (exact) mass is 273 g/mol. The molecule has 0 aliphatic heterocycles. The molecule has 0 fully saturated rings. The number of halogens is 1. The van der Waals surface area contributed by atoms with Crippen LogP contribution in [0.4, 0.5) is 0 Å². The number of rotatable bonds is 4. The molecule has 2 aromatic rings. The molecule has 0 heterocycles. The van der Waals surface area contributed by atoms with Crippen molar-refractivity contribution < 1.29 is 9.47 Å². The number of methoxy groups -OCH3 is 1. The number of nitrogens with zero attached hydrogens (tertiary/aromatic N) is 1. The Labute approximate surface area is 117 Å². The lowest BCUT2D eigenvalue weighted by Crippen LogP contribution is -1.96. The molecule has 0 radical (unpaired) electrons. The van der Waals surface area contributed by atoms with Gasteiger partial charge in [-0.3, -0.25) is 0 Å². The maximum atomic E-state index is 8.76. The molecule has 0 spiro atoms. The van der Waals surface area contributed by atoms with E-state index in [1.165, 1.54) is 0 Å². The highest BCUT2D eigenvalue weighted by atomic mass is 35.5. The van der Waals surface area contributed by atoms with Gasteiger partial charge in [0.1, 0.15) is 18.1 Å². The molecule has 96 valence electrons. The van der Waals surface area contributed by atoms with E-state index in [1.807, 2.05) is 30.3 Å². The van der Waals surface area contributed by atoms with Crippen molar-refractivity contribution in [1.29, 1.82) is 5.26 Å². The summed E-state index contributed by atoms with van der Waals surface area (Å²) < 4.78 is 10.7. The fourth-order valence-electron chi connectivity index (χ4n) is 1.57. The Morgan fingerprint density at radius 1 is 1.11 bits per heavy atom. The van der Waals surface area contributed by atoms with Crippen LogP contribution in [0, 0.1) is 11.3 Å². The Balaban J connectivity index is 2.04. The maximum Gasteiger partial charge on any atom is 0.120 e. The average Bonchev–Trinajstić information content (AvgIpc) is 2.46. The fraction of sp³-hybridized carbons (Fsp3) is 0.133. The van der Waals surface area contributed by atoms with Gasteiger partial charge in [-0.1, -0.05) is 17.7 Å². The molecular weight excluding hydrogens is 262 g/mol.